The number of aromatic nitrogens is 2. The second-order valence-corrected chi connectivity index (χ2v) is 5.63. The van der Waals surface area contributed by atoms with Crippen molar-refractivity contribution in [3.63, 3.8) is 0 Å². The fourth-order valence-electron chi connectivity index (χ4n) is 3.08. The normalized spacial score (nSPS) is 11.2. The number of nitrogens with zero attached hydrogens (tertiary/aromatic N) is 2. The lowest BCUT2D eigenvalue weighted by Gasteiger charge is -2.11. The third kappa shape index (κ3) is 2.26. The van der Waals surface area contributed by atoms with Crippen LogP contribution in [0.2, 0.25) is 0 Å². The third-order valence-electron chi connectivity index (χ3n) is 4.34. The predicted molar refractivity (Wildman–Crippen MR) is 95.9 cm³/mol. The van der Waals surface area contributed by atoms with Crippen LogP contribution in [0.3, 0.4) is 0 Å². The van der Waals surface area contributed by atoms with E-state index >= 15 is 0 Å². The number of hydrogen-bond donors (Lipinski definition) is 1. The van der Waals surface area contributed by atoms with Crippen LogP contribution in [0, 0.1) is 0 Å². The van der Waals surface area contributed by atoms with E-state index in [-0.39, 0.29) is 5.75 Å². The minimum absolute atomic E-state index is 0.0664. The van der Waals surface area contributed by atoms with Gasteiger partial charge >= 0.3 is 0 Å². The van der Waals surface area contributed by atoms with Gasteiger partial charge in [-0.05, 0) is 23.6 Å². The smallest absolute Gasteiger partial charge is 0.162 e. The lowest BCUT2D eigenvalue weighted by atomic mass is 10.0. The lowest BCUT2D eigenvalue weighted by molar-refractivity contribution is 0.356. The van der Waals surface area contributed by atoms with Crippen LogP contribution >= 0.6 is 0 Å². The molecule has 126 valence electrons. The average Bonchev–Trinajstić information content (AvgIpc) is 2.65. The van der Waals surface area contributed by atoms with Crippen LogP contribution in [0.4, 0.5) is 0 Å². The Labute approximate surface area is 143 Å². The largest absolute Gasteiger partial charge is 0.504 e. The zero-order valence-electron chi connectivity index (χ0n) is 14.0. The SMILES string of the molecule is COc1cc2nnc3c4cc(OC)c(OC)cc4ccc3c2cc1O. The minimum Gasteiger partial charge on any atom is -0.504 e. The topological polar surface area (TPSA) is 73.7 Å². The lowest BCUT2D eigenvalue weighted by Crippen LogP contribution is -1.93. The first-order chi connectivity index (χ1) is 12.2. The highest BCUT2D eigenvalue weighted by molar-refractivity contribution is 6.15. The summed E-state index contributed by atoms with van der Waals surface area (Å²) in [5, 5.41) is 22.4. The first kappa shape index (κ1) is 15.3. The Hall–Kier alpha value is -3.28. The Kier molecular flexibility index (Phi) is 3.46. The Balaban J connectivity index is 2.11. The molecule has 0 saturated carbocycles. The van der Waals surface area contributed by atoms with Crippen molar-refractivity contribution in [3.8, 4) is 23.0 Å². The van der Waals surface area contributed by atoms with Gasteiger partial charge in [-0.2, -0.15) is 0 Å². The Morgan fingerprint density at radius 2 is 1.44 bits per heavy atom. The molecule has 4 rings (SSSR count). The first-order valence-corrected chi connectivity index (χ1v) is 7.68. The maximum atomic E-state index is 10.1. The van der Waals surface area contributed by atoms with Crippen molar-refractivity contribution in [2.24, 2.45) is 0 Å². The van der Waals surface area contributed by atoms with Crippen LogP contribution in [0.25, 0.3) is 32.6 Å². The second kappa shape index (κ2) is 5.66. The molecule has 0 atom stereocenters. The number of hydrogen-bond acceptors (Lipinski definition) is 6. The highest BCUT2D eigenvalue weighted by Gasteiger charge is 2.13. The van der Waals surface area contributed by atoms with Crippen molar-refractivity contribution in [1.82, 2.24) is 10.2 Å². The first-order valence-electron chi connectivity index (χ1n) is 7.68. The summed E-state index contributed by atoms with van der Waals surface area (Å²) >= 11 is 0. The van der Waals surface area contributed by atoms with E-state index in [4.69, 9.17) is 14.2 Å². The van der Waals surface area contributed by atoms with Crippen molar-refractivity contribution >= 4 is 32.6 Å². The summed E-state index contributed by atoms with van der Waals surface area (Å²) in [5.41, 5.74) is 1.39. The van der Waals surface area contributed by atoms with Gasteiger partial charge in [0.2, 0.25) is 0 Å². The van der Waals surface area contributed by atoms with Crippen LogP contribution in [0.1, 0.15) is 0 Å². The zero-order chi connectivity index (χ0) is 17.6. The summed E-state index contributed by atoms with van der Waals surface area (Å²) in [6.45, 7) is 0. The van der Waals surface area contributed by atoms with Crippen LogP contribution in [0.5, 0.6) is 23.0 Å². The molecule has 4 aromatic rings. The standard InChI is InChI=1S/C19H16N2O4/c1-23-16-9-14-13(7-15(16)22)11-5-4-10-6-17(24-2)18(25-3)8-12(10)19(11)21-20-14/h4-9,22H,1-3H3. The monoisotopic (exact) mass is 336 g/mol. The molecular formula is C19H16N2O4. The van der Waals surface area contributed by atoms with Crippen LogP contribution in [0.15, 0.2) is 36.4 Å². The van der Waals surface area contributed by atoms with Gasteiger partial charge in [0.1, 0.15) is 5.52 Å². The molecule has 0 fully saturated rings. The molecule has 3 aromatic carbocycles. The molecule has 6 heteroatoms. The number of ether oxygens (including phenoxy) is 3. The van der Waals surface area contributed by atoms with E-state index in [2.05, 4.69) is 10.2 Å². The molecule has 0 radical (unpaired) electrons. The van der Waals surface area contributed by atoms with Gasteiger partial charge in [-0.25, -0.2) is 0 Å². The minimum atomic E-state index is 0.0664. The average molecular weight is 336 g/mol. The molecule has 6 nitrogen and oxygen atoms in total. The highest BCUT2D eigenvalue weighted by Crippen LogP contribution is 2.38. The fourth-order valence-corrected chi connectivity index (χ4v) is 3.08. The molecule has 0 aliphatic carbocycles. The number of methoxy groups -OCH3 is 3. The summed E-state index contributed by atoms with van der Waals surface area (Å²) in [6.07, 6.45) is 0. The van der Waals surface area contributed by atoms with E-state index in [9.17, 15) is 5.11 Å². The quantitative estimate of drug-likeness (QED) is 0.576. The van der Waals surface area contributed by atoms with Gasteiger partial charge in [0.05, 0.1) is 26.8 Å². The number of phenols is 1. The van der Waals surface area contributed by atoms with Crippen LogP contribution in [-0.4, -0.2) is 36.6 Å². The van der Waals surface area contributed by atoms with Gasteiger partial charge in [0.25, 0.3) is 0 Å². The molecule has 0 aliphatic rings. The van der Waals surface area contributed by atoms with E-state index in [0.717, 1.165) is 27.1 Å². The number of rotatable bonds is 3. The number of fused-ring (bicyclic) bond motifs is 5. The maximum Gasteiger partial charge on any atom is 0.162 e. The van der Waals surface area contributed by atoms with Crippen molar-refractivity contribution in [1.29, 1.82) is 0 Å². The molecule has 0 amide bonds. The van der Waals surface area contributed by atoms with Gasteiger partial charge in [-0.15, -0.1) is 10.2 Å². The summed E-state index contributed by atoms with van der Waals surface area (Å²) in [5.74, 6) is 1.72. The molecule has 0 aliphatic heterocycles. The van der Waals surface area contributed by atoms with Crippen LogP contribution < -0.4 is 14.2 Å². The van der Waals surface area contributed by atoms with Gasteiger partial charge in [0.15, 0.2) is 23.0 Å². The predicted octanol–water partition coefficient (Wildman–Crippen LogP) is 3.67. The van der Waals surface area contributed by atoms with E-state index in [1.165, 1.54) is 7.11 Å². The van der Waals surface area contributed by atoms with Crippen molar-refractivity contribution < 1.29 is 19.3 Å². The molecular weight excluding hydrogens is 320 g/mol. The summed E-state index contributed by atoms with van der Waals surface area (Å²) in [4.78, 5) is 0. The molecule has 0 saturated heterocycles. The van der Waals surface area contributed by atoms with Gasteiger partial charge < -0.3 is 19.3 Å². The zero-order valence-corrected chi connectivity index (χ0v) is 14.0. The third-order valence-corrected chi connectivity index (χ3v) is 4.34. The summed E-state index contributed by atoms with van der Waals surface area (Å²) < 4.78 is 15.9. The Morgan fingerprint density at radius 3 is 2.16 bits per heavy atom. The van der Waals surface area contributed by atoms with E-state index < -0.39 is 0 Å². The molecule has 1 heterocycles. The van der Waals surface area contributed by atoms with E-state index in [1.807, 2.05) is 24.3 Å². The van der Waals surface area contributed by atoms with Crippen molar-refractivity contribution in [3.05, 3.63) is 36.4 Å². The van der Waals surface area contributed by atoms with Crippen LogP contribution in [-0.2, 0) is 0 Å². The van der Waals surface area contributed by atoms with E-state index in [0.29, 0.717) is 22.8 Å². The number of phenolic OH excluding ortho intramolecular Hbond substituents is 1. The summed E-state index contributed by atoms with van der Waals surface area (Å²) in [6, 6.07) is 11.1. The molecule has 0 bridgehead atoms. The molecule has 0 unspecified atom stereocenters. The van der Waals surface area contributed by atoms with Gasteiger partial charge in [-0.1, -0.05) is 12.1 Å². The maximum absolute atomic E-state index is 10.1. The van der Waals surface area contributed by atoms with Crippen molar-refractivity contribution in [2.45, 2.75) is 0 Å². The molecule has 1 N–H and O–H groups in total. The number of benzene rings is 3. The molecule has 0 spiro atoms. The fraction of sp³-hybridized carbons (Fsp3) is 0.158. The molecule has 1 aromatic heterocycles. The van der Waals surface area contributed by atoms with Crippen molar-refractivity contribution in [2.75, 3.05) is 21.3 Å². The second-order valence-electron chi connectivity index (χ2n) is 5.63. The number of aromatic hydroxyl groups is 1. The van der Waals surface area contributed by atoms with Gasteiger partial charge in [-0.3, -0.25) is 0 Å². The highest BCUT2D eigenvalue weighted by atomic mass is 16.5. The van der Waals surface area contributed by atoms with E-state index in [1.54, 1.807) is 26.4 Å². The Bertz CT molecular complexity index is 1130. The van der Waals surface area contributed by atoms with Gasteiger partial charge in [0, 0.05) is 22.2 Å². The summed E-state index contributed by atoms with van der Waals surface area (Å²) in [7, 11) is 4.71. The molecule has 25 heavy (non-hydrogen) atoms. The Morgan fingerprint density at radius 1 is 0.720 bits per heavy atom.